The van der Waals surface area contributed by atoms with Crippen molar-refractivity contribution in [3.8, 4) is 6.07 Å². The lowest BCUT2D eigenvalue weighted by atomic mass is 10.2. The summed E-state index contributed by atoms with van der Waals surface area (Å²) in [6, 6.07) is 14.5. The van der Waals surface area contributed by atoms with Crippen molar-refractivity contribution in [2.45, 2.75) is 10.6 Å². The topological polar surface area (TPSA) is 78.9 Å². The molecule has 0 saturated carbocycles. The molecule has 0 bridgehead atoms. The van der Waals surface area contributed by atoms with Gasteiger partial charge in [-0.1, -0.05) is 0 Å². The van der Waals surface area contributed by atoms with Gasteiger partial charge in [0.2, 0.25) is 0 Å². The van der Waals surface area contributed by atoms with Crippen LogP contribution in [0.5, 0.6) is 0 Å². The summed E-state index contributed by atoms with van der Waals surface area (Å²) in [4.78, 5) is 16.6. The predicted molar refractivity (Wildman–Crippen MR) is 88.4 cm³/mol. The van der Waals surface area contributed by atoms with Crippen LogP contribution < -0.4 is 0 Å². The Morgan fingerprint density at radius 3 is 2.70 bits per heavy atom. The van der Waals surface area contributed by atoms with Gasteiger partial charge in [-0.3, -0.25) is 0 Å². The molecule has 0 aliphatic rings. The smallest absolute Gasteiger partial charge is 0.335 e. The maximum absolute atomic E-state index is 11.0. The molecule has 3 rings (SSSR count). The van der Waals surface area contributed by atoms with Crippen molar-refractivity contribution in [3.05, 3.63) is 59.4 Å². The SMILES string of the molecule is Cn1c(CSc2ccc(C#N)cc2)nc2cc(C(=O)O)ccc21. The van der Waals surface area contributed by atoms with Gasteiger partial charge >= 0.3 is 5.97 Å². The number of aryl methyl sites for hydroxylation is 1. The summed E-state index contributed by atoms with van der Waals surface area (Å²) in [6.07, 6.45) is 0. The highest BCUT2D eigenvalue weighted by molar-refractivity contribution is 7.98. The molecule has 1 N–H and O–H groups in total. The molecule has 0 fully saturated rings. The van der Waals surface area contributed by atoms with Crippen LogP contribution in [-0.4, -0.2) is 20.6 Å². The summed E-state index contributed by atoms with van der Waals surface area (Å²) >= 11 is 1.62. The molecule has 0 spiro atoms. The van der Waals surface area contributed by atoms with Crippen LogP contribution >= 0.6 is 11.8 Å². The van der Waals surface area contributed by atoms with E-state index in [1.165, 1.54) is 0 Å². The van der Waals surface area contributed by atoms with Gasteiger partial charge in [0.15, 0.2) is 0 Å². The van der Waals surface area contributed by atoms with Crippen LogP contribution in [0.4, 0.5) is 0 Å². The molecule has 6 heteroatoms. The number of carboxylic acids is 1. The van der Waals surface area contributed by atoms with Gasteiger partial charge in [0, 0.05) is 11.9 Å². The number of hydrogen-bond acceptors (Lipinski definition) is 4. The minimum atomic E-state index is -0.953. The number of fused-ring (bicyclic) bond motifs is 1. The first-order chi connectivity index (χ1) is 11.1. The second-order valence-electron chi connectivity index (χ2n) is 5.02. The van der Waals surface area contributed by atoms with Crippen molar-refractivity contribution in [2.24, 2.45) is 7.05 Å². The molecule has 0 amide bonds. The maximum atomic E-state index is 11.0. The van der Waals surface area contributed by atoms with Gasteiger partial charge < -0.3 is 9.67 Å². The van der Waals surface area contributed by atoms with E-state index in [1.807, 2.05) is 23.7 Å². The van der Waals surface area contributed by atoms with Crippen molar-refractivity contribution >= 4 is 28.8 Å². The van der Waals surface area contributed by atoms with E-state index in [1.54, 1.807) is 42.1 Å². The highest BCUT2D eigenvalue weighted by Gasteiger charge is 2.11. The van der Waals surface area contributed by atoms with E-state index in [2.05, 4.69) is 11.1 Å². The van der Waals surface area contributed by atoms with Crippen LogP contribution in [0.2, 0.25) is 0 Å². The Labute approximate surface area is 137 Å². The molecule has 1 aromatic heterocycles. The number of nitriles is 1. The molecule has 5 nitrogen and oxygen atoms in total. The Morgan fingerprint density at radius 2 is 2.04 bits per heavy atom. The molecule has 3 aromatic rings. The maximum Gasteiger partial charge on any atom is 0.335 e. The molecule has 0 saturated heterocycles. The minimum absolute atomic E-state index is 0.238. The van der Waals surface area contributed by atoms with Crippen molar-refractivity contribution in [2.75, 3.05) is 0 Å². The fourth-order valence-electron chi connectivity index (χ4n) is 2.29. The second kappa shape index (κ2) is 6.15. The largest absolute Gasteiger partial charge is 0.478 e. The fraction of sp³-hybridized carbons (Fsp3) is 0.118. The van der Waals surface area contributed by atoms with E-state index in [0.717, 1.165) is 16.2 Å². The third kappa shape index (κ3) is 3.05. The predicted octanol–water partition coefficient (Wildman–Crippen LogP) is 3.44. The van der Waals surface area contributed by atoms with E-state index >= 15 is 0 Å². The number of aromatic carboxylic acids is 1. The van der Waals surface area contributed by atoms with Gasteiger partial charge in [0.1, 0.15) is 5.82 Å². The molecular formula is C17H13N3O2S. The van der Waals surface area contributed by atoms with Gasteiger partial charge in [-0.2, -0.15) is 5.26 Å². The summed E-state index contributed by atoms with van der Waals surface area (Å²) in [7, 11) is 1.92. The summed E-state index contributed by atoms with van der Waals surface area (Å²) in [5.74, 6) is 0.586. The Kier molecular flexibility index (Phi) is 4.04. The third-order valence-electron chi connectivity index (χ3n) is 3.57. The van der Waals surface area contributed by atoms with Crippen molar-refractivity contribution in [1.82, 2.24) is 9.55 Å². The highest BCUT2D eigenvalue weighted by atomic mass is 32.2. The first-order valence-corrected chi connectivity index (χ1v) is 7.88. The van der Waals surface area contributed by atoms with Crippen LogP contribution in [0.15, 0.2) is 47.4 Å². The lowest BCUT2D eigenvalue weighted by Crippen LogP contribution is -1.96. The summed E-state index contributed by atoms with van der Waals surface area (Å²) in [6.45, 7) is 0. The molecular weight excluding hydrogens is 310 g/mol. The monoisotopic (exact) mass is 323 g/mol. The summed E-state index contributed by atoms with van der Waals surface area (Å²) in [5.41, 5.74) is 2.47. The van der Waals surface area contributed by atoms with Gasteiger partial charge in [0.25, 0.3) is 0 Å². The Morgan fingerprint density at radius 1 is 1.30 bits per heavy atom. The quantitative estimate of drug-likeness (QED) is 0.744. The fourth-order valence-corrected chi connectivity index (χ4v) is 3.17. The number of thioether (sulfide) groups is 1. The standard InChI is InChI=1S/C17H13N3O2S/c1-20-15-7-4-12(17(21)22)8-14(15)19-16(20)10-23-13-5-2-11(9-18)3-6-13/h2-8H,10H2,1H3,(H,21,22). The van der Waals surface area contributed by atoms with Gasteiger partial charge in [-0.25, -0.2) is 9.78 Å². The molecule has 0 aliphatic heterocycles. The van der Waals surface area contributed by atoms with E-state index < -0.39 is 5.97 Å². The number of imidazole rings is 1. The Bertz CT molecular complexity index is 923. The Balaban J connectivity index is 1.83. The molecule has 23 heavy (non-hydrogen) atoms. The van der Waals surface area contributed by atoms with Crippen molar-refractivity contribution in [3.63, 3.8) is 0 Å². The zero-order valence-corrected chi connectivity index (χ0v) is 13.2. The normalized spacial score (nSPS) is 10.6. The second-order valence-corrected chi connectivity index (χ2v) is 6.07. The van der Waals surface area contributed by atoms with Gasteiger partial charge in [0.05, 0.1) is 34.0 Å². The third-order valence-corrected chi connectivity index (χ3v) is 4.58. The molecule has 0 atom stereocenters. The zero-order chi connectivity index (χ0) is 16.4. The minimum Gasteiger partial charge on any atom is -0.478 e. The Hall–Kier alpha value is -2.78. The van der Waals surface area contributed by atoms with E-state index in [4.69, 9.17) is 10.4 Å². The zero-order valence-electron chi connectivity index (χ0n) is 12.4. The van der Waals surface area contributed by atoms with Crippen LogP contribution in [0.25, 0.3) is 11.0 Å². The summed E-state index contributed by atoms with van der Waals surface area (Å²) < 4.78 is 1.97. The first kappa shape index (κ1) is 15.1. The van der Waals surface area contributed by atoms with Crippen LogP contribution in [0.1, 0.15) is 21.7 Å². The lowest BCUT2D eigenvalue weighted by Gasteiger charge is -2.03. The number of hydrogen-bond donors (Lipinski definition) is 1. The van der Waals surface area contributed by atoms with Crippen LogP contribution in [0, 0.1) is 11.3 Å². The average molecular weight is 323 g/mol. The number of carbonyl (C=O) groups is 1. The molecule has 1 heterocycles. The molecule has 0 radical (unpaired) electrons. The van der Waals surface area contributed by atoms with E-state index in [-0.39, 0.29) is 5.56 Å². The molecule has 114 valence electrons. The van der Waals surface area contributed by atoms with Crippen LogP contribution in [0.3, 0.4) is 0 Å². The number of benzene rings is 2. The average Bonchev–Trinajstić information content (AvgIpc) is 2.89. The van der Waals surface area contributed by atoms with E-state index in [0.29, 0.717) is 16.8 Å². The number of carboxylic acid groups (broad SMARTS) is 1. The van der Waals surface area contributed by atoms with Gasteiger partial charge in [-0.05, 0) is 42.5 Å². The van der Waals surface area contributed by atoms with Crippen molar-refractivity contribution in [1.29, 1.82) is 5.26 Å². The summed E-state index contributed by atoms with van der Waals surface area (Å²) in [5, 5.41) is 17.9. The van der Waals surface area contributed by atoms with Crippen molar-refractivity contribution < 1.29 is 9.90 Å². The number of nitrogens with zero attached hydrogens (tertiary/aromatic N) is 3. The number of aromatic nitrogens is 2. The van der Waals surface area contributed by atoms with Gasteiger partial charge in [-0.15, -0.1) is 11.8 Å². The van der Waals surface area contributed by atoms with Crippen LogP contribution in [-0.2, 0) is 12.8 Å². The molecule has 0 aliphatic carbocycles. The van der Waals surface area contributed by atoms with E-state index in [9.17, 15) is 4.79 Å². The highest BCUT2D eigenvalue weighted by Crippen LogP contribution is 2.25. The first-order valence-electron chi connectivity index (χ1n) is 6.90. The molecule has 0 unspecified atom stereocenters. The molecule has 2 aromatic carbocycles. The number of rotatable bonds is 4. The lowest BCUT2D eigenvalue weighted by molar-refractivity contribution is 0.0697.